The number of hydrogen-bond acceptors (Lipinski definition) is 2. The molecule has 3 nitrogen and oxygen atoms in total. The van der Waals surface area contributed by atoms with Crippen LogP contribution in [0.5, 0.6) is 0 Å². The maximum Gasteiger partial charge on any atom is 0.169 e. The zero-order valence-electron chi connectivity index (χ0n) is 5.45. The molecule has 0 saturated carbocycles. The summed E-state index contributed by atoms with van der Waals surface area (Å²) in [5, 5.41) is 9.98. The molecule has 0 heterocycles. The zero-order valence-corrected chi connectivity index (χ0v) is 8.29. The van der Waals surface area contributed by atoms with Crippen molar-refractivity contribution in [2.75, 3.05) is 0 Å². The first-order chi connectivity index (χ1) is 4.70. The molecule has 1 radical (unpaired) electrons. The Morgan fingerprint density at radius 1 is 1.64 bits per heavy atom. The first-order valence-electron chi connectivity index (χ1n) is 2.52. The molecular weight excluding hydrogens is 226 g/mol. The summed E-state index contributed by atoms with van der Waals surface area (Å²) in [4.78, 5) is 9.32. The van der Waals surface area contributed by atoms with Crippen LogP contribution in [-0.2, 0) is 32.7 Å². The van der Waals surface area contributed by atoms with E-state index in [0.29, 0.717) is 0 Å². The number of non-ortho nitro benzene ring substituents is 1. The maximum absolute atomic E-state index is 12.2. The van der Waals surface area contributed by atoms with Crippen LogP contribution in [0.2, 0.25) is 0 Å². The van der Waals surface area contributed by atoms with Crippen LogP contribution in [-0.4, -0.2) is 4.92 Å². The number of hydrogen-bond donors (Lipinski definition) is 0. The molecule has 0 unspecified atom stereocenters. The van der Waals surface area contributed by atoms with Crippen molar-refractivity contribution >= 4 is 5.69 Å². The van der Waals surface area contributed by atoms with Crippen LogP contribution in [0.4, 0.5) is 10.1 Å². The first kappa shape index (κ1) is 10.7. The third-order valence-corrected chi connectivity index (χ3v) is 0.961. The average Bonchev–Trinajstić information content (AvgIpc) is 1.88. The summed E-state index contributed by atoms with van der Waals surface area (Å²) < 4.78 is 12.2. The Kier molecular flexibility index (Phi) is 4.37. The molecule has 5 heteroatoms. The molecule has 0 fully saturated rings. The van der Waals surface area contributed by atoms with Gasteiger partial charge in [0, 0.05) is 43.4 Å². The first-order valence-corrected chi connectivity index (χ1v) is 2.52. The number of nitro groups is 1. The van der Waals surface area contributed by atoms with Crippen molar-refractivity contribution in [3.05, 3.63) is 40.2 Å². The Labute approximate surface area is 87.6 Å². The summed E-state index contributed by atoms with van der Waals surface area (Å²) in [6.45, 7) is 0. The van der Waals surface area contributed by atoms with Gasteiger partial charge in [-0.3, -0.25) is 10.1 Å². The molecule has 0 N–H and O–H groups in total. The molecule has 0 aliphatic heterocycles. The van der Waals surface area contributed by atoms with Gasteiger partial charge in [0.05, 0.1) is 0 Å². The summed E-state index contributed by atoms with van der Waals surface area (Å²) in [5.74, 6) is -0.714. The van der Waals surface area contributed by atoms with Crippen molar-refractivity contribution in [1.29, 1.82) is 0 Å². The molecule has 0 spiro atoms. The van der Waals surface area contributed by atoms with E-state index in [1.54, 1.807) is 0 Å². The van der Waals surface area contributed by atoms with Gasteiger partial charge < -0.3 is 0 Å². The van der Waals surface area contributed by atoms with Crippen molar-refractivity contribution in [1.82, 2.24) is 0 Å². The molecule has 0 atom stereocenters. The van der Waals surface area contributed by atoms with E-state index in [0.717, 1.165) is 6.07 Å². The van der Waals surface area contributed by atoms with Crippen LogP contribution in [0, 0.1) is 22.0 Å². The van der Waals surface area contributed by atoms with Crippen LogP contribution >= 0.6 is 0 Å². The van der Waals surface area contributed by atoms with E-state index in [1.165, 1.54) is 12.1 Å². The quantitative estimate of drug-likeness (QED) is 0.416. The maximum atomic E-state index is 12.2. The van der Waals surface area contributed by atoms with Crippen LogP contribution in [0.25, 0.3) is 0 Å². The van der Waals surface area contributed by atoms with Gasteiger partial charge in [-0.2, -0.15) is 6.07 Å². The molecule has 0 aliphatic carbocycles. The predicted octanol–water partition coefficient (Wildman–Crippen LogP) is 1.53. The number of nitrogens with zero attached hydrogens (tertiary/aromatic N) is 1. The third-order valence-electron chi connectivity index (χ3n) is 0.961. The van der Waals surface area contributed by atoms with E-state index in [2.05, 4.69) is 6.07 Å². The van der Waals surface area contributed by atoms with Crippen LogP contribution < -0.4 is 0 Å². The van der Waals surface area contributed by atoms with Crippen molar-refractivity contribution in [3.8, 4) is 0 Å². The minimum absolute atomic E-state index is 0. The molecule has 11 heavy (non-hydrogen) atoms. The molecular formula is C6H3FNO2Y-. The van der Waals surface area contributed by atoms with E-state index in [9.17, 15) is 14.5 Å². The molecule has 0 aromatic heterocycles. The van der Waals surface area contributed by atoms with E-state index < -0.39 is 10.7 Å². The van der Waals surface area contributed by atoms with Gasteiger partial charge in [0.1, 0.15) is 0 Å². The van der Waals surface area contributed by atoms with E-state index in [1.807, 2.05) is 0 Å². The fourth-order valence-electron chi connectivity index (χ4n) is 0.540. The molecule has 0 aliphatic rings. The minimum Gasteiger partial charge on any atom is -0.260 e. The zero-order chi connectivity index (χ0) is 7.56. The van der Waals surface area contributed by atoms with Crippen LogP contribution in [0.15, 0.2) is 18.2 Å². The average molecular weight is 229 g/mol. The Bertz CT molecular complexity index is 267. The van der Waals surface area contributed by atoms with Crippen molar-refractivity contribution < 1.29 is 42.0 Å². The van der Waals surface area contributed by atoms with Gasteiger partial charge in [0.2, 0.25) is 0 Å². The monoisotopic (exact) mass is 229 g/mol. The molecule has 1 rings (SSSR count). The molecule has 0 bridgehead atoms. The molecule has 1 aromatic carbocycles. The molecule has 55 valence electrons. The standard InChI is InChI=1S/C6H3FNO2.Y/c7-5-2-1-3-6(4-5)8(9)10;/h1,3-4H;/q-1;. The van der Waals surface area contributed by atoms with Gasteiger partial charge in [-0.1, -0.05) is 12.1 Å². The second-order valence-electron chi connectivity index (χ2n) is 1.65. The van der Waals surface area contributed by atoms with Gasteiger partial charge in [-0.25, -0.2) is 4.39 Å². The Hall–Kier alpha value is -0.346. The molecule has 1 aromatic rings. The molecule has 0 saturated heterocycles. The summed E-state index contributed by atoms with van der Waals surface area (Å²) in [7, 11) is 0. The SMILES string of the molecule is O=[N+]([O-])c1cc[c-]c(F)c1.[Y]. The summed E-state index contributed by atoms with van der Waals surface area (Å²) in [6, 6.07) is 5.33. The minimum atomic E-state index is -0.714. The van der Waals surface area contributed by atoms with Crippen molar-refractivity contribution in [2.24, 2.45) is 0 Å². The fraction of sp³-hybridized carbons (Fsp3) is 0. The van der Waals surface area contributed by atoms with Gasteiger partial charge in [0.15, 0.2) is 5.69 Å². The normalized spacial score (nSPS) is 8.45. The Balaban J connectivity index is 0.000001000. The Morgan fingerprint density at radius 3 is 2.64 bits per heavy atom. The van der Waals surface area contributed by atoms with E-state index >= 15 is 0 Å². The smallest absolute Gasteiger partial charge is 0.169 e. The van der Waals surface area contributed by atoms with Gasteiger partial charge in [-0.05, 0) is 0 Å². The summed E-state index contributed by atoms with van der Waals surface area (Å²) in [6.07, 6.45) is 0. The largest absolute Gasteiger partial charge is 0.260 e. The molecule has 0 amide bonds. The summed E-state index contributed by atoms with van der Waals surface area (Å²) in [5.41, 5.74) is -0.253. The van der Waals surface area contributed by atoms with Gasteiger partial charge >= 0.3 is 0 Å². The number of nitro benzene ring substituents is 1. The second kappa shape index (κ2) is 4.52. The second-order valence-corrected chi connectivity index (χ2v) is 1.65. The van der Waals surface area contributed by atoms with E-state index in [-0.39, 0.29) is 38.4 Å². The number of halogens is 1. The van der Waals surface area contributed by atoms with Crippen molar-refractivity contribution in [2.45, 2.75) is 0 Å². The van der Waals surface area contributed by atoms with Gasteiger partial charge in [-0.15, -0.1) is 6.07 Å². The predicted molar refractivity (Wildman–Crippen MR) is 31.9 cm³/mol. The topological polar surface area (TPSA) is 43.1 Å². The van der Waals surface area contributed by atoms with E-state index in [4.69, 9.17) is 0 Å². The third kappa shape index (κ3) is 3.03. The fourth-order valence-corrected chi connectivity index (χ4v) is 0.540. The van der Waals surface area contributed by atoms with Crippen LogP contribution in [0.3, 0.4) is 0 Å². The Morgan fingerprint density at radius 2 is 2.27 bits per heavy atom. The summed E-state index contributed by atoms with van der Waals surface area (Å²) >= 11 is 0. The number of rotatable bonds is 1. The van der Waals surface area contributed by atoms with Gasteiger partial charge in [0.25, 0.3) is 0 Å². The van der Waals surface area contributed by atoms with Crippen molar-refractivity contribution in [3.63, 3.8) is 0 Å². The number of benzene rings is 1. The van der Waals surface area contributed by atoms with Crippen LogP contribution in [0.1, 0.15) is 0 Å².